The average molecular weight is 363 g/mol. The molecule has 21 heavy (non-hydrogen) atoms. The van der Waals surface area contributed by atoms with Crippen LogP contribution in [-0.2, 0) is 6.18 Å². The normalized spacial score (nSPS) is 29.6. The van der Waals surface area contributed by atoms with Gasteiger partial charge in [0.25, 0.3) is 0 Å². The molecule has 2 N–H and O–H groups in total. The molecule has 2 nitrogen and oxygen atoms in total. The fraction of sp³-hybridized carbons (Fsp3) is 0.600. The second-order valence-electron chi connectivity index (χ2n) is 6.04. The minimum Gasteiger partial charge on any atom is -0.365 e. The number of rotatable bonds is 1. The lowest BCUT2D eigenvalue weighted by Gasteiger charge is -2.49. The number of benzene rings is 1. The van der Waals surface area contributed by atoms with Crippen LogP contribution in [0.4, 0.5) is 18.9 Å². The van der Waals surface area contributed by atoms with Gasteiger partial charge < -0.3 is 10.6 Å². The third-order valence-corrected chi connectivity index (χ3v) is 5.26. The van der Waals surface area contributed by atoms with Crippen LogP contribution in [-0.4, -0.2) is 18.1 Å². The summed E-state index contributed by atoms with van der Waals surface area (Å²) in [6.45, 7) is 0. The third-order valence-electron chi connectivity index (χ3n) is 4.56. The largest absolute Gasteiger partial charge is 0.417 e. The zero-order valence-electron chi connectivity index (χ0n) is 11.5. The molecule has 2 aliphatic heterocycles. The fourth-order valence-corrected chi connectivity index (χ4v) is 4.21. The number of halogens is 4. The molecule has 0 aromatic heterocycles. The highest BCUT2D eigenvalue weighted by Crippen LogP contribution is 2.41. The van der Waals surface area contributed by atoms with Gasteiger partial charge in [0, 0.05) is 28.3 Å². The van der Waals surface area contributed by atoms with Crippen LogP contribution in [0.2, 0.25) is 0 Å². The number of alkyl halides is 3. The summed E-state index contributed by atoms with van der Waals surface area (Å²) in [5.41, 5.74) is 6.14. The maximum absolute atomic E-state index is 13.1. The minimum absolute atomic E-state index is 0.0950. The first-order chi connectivity index (χ1) is 9.86. The van der Waals surface area contributed by atoms with E-state index in [1.165, 1.54) is 12.1 Å². The van der Waals surface area contributed by atoms with E-state index in [1.807, 2.05) is 0 Å². The van der Waals surface area contributed by atoms with E-state index in [1.54, 1.807) is 6.07 Å². The lowest BCUT2D eigenvalue weighted by molar-refractivity contribution is -0.138. The quantitative estimate of drug-likeness (QED) is 0.806. The standard InChI is InChI=1S/C15H18BrF3N2/c16-14-5-4-12(8-13(14)15(17,18)19)21-10-2-1-3-11(21)7-9(20)6-10/h4-5,8-11H,1-3,6-7,20H2. The molecule has 2 fully saturated rings. The van der Waals surface area contributed by atoms with Gasteiger partial charge in [0.05, 0.1) is 5.56 Å². The molecular formula is C15H18BrF3N2. The summed E-state index contributed by atoms with van der Waals surface area (Å²) in [7, 11) is 0. The van der Waals surface area contributed by atoms with Gasteiger partial charge >= 0.3 is 6.18 Å². The van der Waals surface area contributed by atoms with Crippen molar-refractivity contribution in [2.24, 2.45) is 5.73 Å². The molecule has 2 bridgehead atoms. The maximum atomic E-state index is 13.1. The van der Waals surface area contributed by atoms with Crippen molar-refractivity contribution in [1.29, 1.82) is 0 Å². The summed E-state index contributed by atoms with van der Waals surface area (Å²) < 4.78 is 39.3. The summed E-state index contributed by atoms with van der Waals surface area (Å²) in [6.07, 6.45) is 0.572. The van der Waals surface area contributed by atoms with Crippen molar-refractivity contribution in [3.8, 4) is 0 Å². The summed E-state index contributed by atoms with van der Waals surface area (Å²) in [5, 5.41) is 0. The van der Waals surface area contributed by atoms with E-state index in [9.17, 15) is 13.2 Å². The molecule has 0 radical (unpaired) electrons. The number of fused-ring (bicyclic) bond motifs is 2. The zero-order chi connectivity index (χ0) is 15.2. The maximum Gasteiger partial charge on any atom is 0.417 e. The number of anilines is 1. The Labute approximate surface area is 130 Å². The number of piperidine rings is 2. The summed E-state index contributed by atoms with van der Waals surface area (Å²) >= 11 is 3.00. The Morgan fingerprint density at radius 1 is 1.14 bits per heavy atom. The molecule has 2 saturated heterocycles. The van der Waals surface area contributed by atoms with Gasteiger partial charge in [0.2, 0.25) is 0 Å². The molecule has 0 saturated carbocycles. The number of nitrogens with two attached hydrogens (primary N) is 1. The van der Waals surface area contributed by atoms with Crippen LogP contribution in [0.3, 0.4) is 0 Å². The predicted octanol–water partition coefficient (Wildman–Crippen LogP) is 4.32. The molecule has 2 aliphatic rings. The Morgan fingerprint density at radius 2 is 1.76 bits per heavy atom. The van der Waals surface area contributed by atoms with E-state index in [2.05, 4.69) is 20.8 Å². The highest BCUT2D eigenvalue weighted by Gasteiger charge is 2.39. The second kappa shape index (κ2) is 5.47. The van der Waals surface area contributed by atoms with Gasteiger partial charge in [-0.2, -0.15) is 13.2 Å². The molecule has 2 atom stereocenters. The van der Waals surface area contributed by atoms with E-state index in [0.717, 1.165) is 32.1 Å². The summed E-state index contributed by atoms with van der Waals surface area (Å²) in [4.78, 5) is 2.18. The van der Waals surface area contributed by atoms with Crippen LogP contribution < -0.4 is 10.6 Å². The van der Waals surface area contributed by atoms with Gasteiger partial charge in [-0.15, -0.1) is 0 Å². The smallest absolute Gasteiger partial charge is 0.365 e. The van der Waals surface area contributed by atoms with E-state index in [-0.39, 0.29) is 22.6 Å². The van der Waals surface area contributed by atoms with Crippen molar-refractivity contribution in [3.63, 3.8) is 0 Å². The van der Waals surface area contributed by atoms with Gasteiger partial charge in [-0.25, -0.2) is 0 Å². The van der Waals surface area contributed by atoms with Crippen LogP contribution in [0.15, 0.2) is 22.7 Å². The van der Waals surface area contributed by atoms with Crippen molar-refractivity contribution < 1.29 is 13.2 Å². The van der Waals surface area contributed by atoms with Crippen LogP contribution in [0.5, 0.6) is 0 Å². The minimum atomic E-state index is -4.34. The first-order valence-electron chi connectivity index (χ1n) is 7.27. The molecule has 0 spiro atoms. The van der Waals surface area contributed by atoms with Crippen LogP contribution in [0.25, 0.3) is 0 Å². The van der Waals surface area contributed by atoms with Crippen molar-refractivity contribution in [3.05, 3.63) is 28.2 Å². The lowest BCUT2D eigenvalue weighted by Crippen LogP contribution is -2.55. The number of hydrogen-bond acceptors (Lipinski definition) is 2. The molecule has 116 valence electrons. The molecule has 1 aromatic carbocycles. The average Bonchev–Trinajstić information content (AvgIpc) is 2.37. The van der Waals surface area contributed by atoms with Gasteiger partial charge in [-0.1, -0.05) is 15.9 Å². The Morgan fingerprint density at radius 3 is 2.33 bits per heavy atom. The second-order valence-corrected chi connectivity index (χ2v) is 6.89. The first kappa shape index (κ1) is 15.2. The van der Waals surface area contributed by atoms with E-state index >= 15 is 0 Å². The van der Waals surface area contributed by atoms with Gasteiger partial charge in [0.1, 0.15) is 0 Å². The van der Waals surface area contributed by atoms with Gasteiger partial charge in [-0.3, -0.25) is 0 Å². The molecule has 2 heterocycles. The molecule has 0 amide bonds. The van der Waals surface area contributed by atoms with E-state index in [4.69, 9.17) is 5.73 Å². The molecular weight excluding hydrogens is 345 g/mol. The zero-order valence-corrected chi connectivity index (χ0v) is 13.1. The van der Waals surface area contributed by atoms with Crippen LogP contribution >= 0.6 is 15.9 Å². The van der Waals surface area contributed by atoms with E-state index < -0.39 is 11.7 Å². The Hall–Kier alpha value is -0.750. The van der Waals surface area contributed by atoms with Crippen molar-refractivity contribution in [2.75, 3.05) is 4.90 Å². The van der Waals surface area contributed by atoms with Crippen LogP contribution in [0, 0.1) is 0 Å². The topological polar surface area (TPSA) is 29.3 Å². The summed E-state index contributed by atoms with van der Waals surface area (Å²) in [6, 6.07) is 5.27. The van der Waals surface area contributed by atoms with Crippen molar-refractivity contribution in [2.45, 2.75) is 56.4 Å². The molecule has 3 rings (SSSR count). The van der Waals surface area contributed by atoms with Crippen LogP contribution in [0.1, 0.15) is 37.7 Å². The molecule has 1 aromatic rings. The third kappa shape index (κ3) is 2.93. The monoisotopic (exact) mass is 362 g/mol. The number of hydrogen-bond donors (Lipinski definition) is 1. The van der Waals surface area contributed by atoms with Gasteiger partial charge in [0.15, 0.2) is 0 Å². The highest BCUT2D eigenvalue weighted by atomic mass is 79.9. The Bertz CT molecular complexity index is 518. The fourth-order valence-electron chi connectivity index (χ4n) is 3.74. The highest BCUT2D eigenvalue weighted by molar-refractivity contribution is 9.10. The van der Waals surface area contributed by atoms with Crippen molar-refractivity contribution in [1.82, 2.24) is 0 Å². The SMILES string of the molecule is NC1CC2CCCC(C1)N2c1ccc(Br)c(C(F)(F)F)c1. The van der Waals surface area contributed by atoms with E-state index in [0.29, 0.717) is 5.69 Å². The summed E-state index contributed by atoms with van der Waals surface area (Å²) in [5.74, 6) is 0. The molecule has 0 aliphatic carbocycles. The Balaban J connectivity index is 1.97. The van der Waals surface area contributed by atoms with Crippen molar-refractivity contribution >= 4 is 21.6 Å². The number of nitrogens with zero attached hydrogens (tertiary/aromatic N) is 1. The molecule has 2 unspecified atom stereocenters. The Kier molecular flexibility index (Phi) is 3.94. The lowest BCUT2D eigenvalue weighted by atomic mass is 9.81. The molecule has 6 heteroatoms. The predicted molar refractivity (Wildman–Crippen MR) is 80.3 cm³/mol. The first-order valence-corrected chi connectivity index (χ1v) is 8.06. The van der Waals surface area contributed by atoms with Gasteiger partial charge in [-0.05, 0) is 50.3 Å².